The molecule has 0 aliphatic carbocycles. The lowest BCUT2D eigenvalue weighted by atomic mass is 10.1. The molecule has 0 saturated carbocycles. The van der Waals surface area contributed by atoms with E-state index in [2.05, 4.69) is 4.74 Å². The lowest BCUT2D eigenvalue weighted by Gasteiger charge is -2.25. The molecule has 2 rings (SSSR count). The smallest absolute Gasteiger partial charge is 0.340 e. The number of rotatable bonds is 3. The van der Waals surface area contributed by atoms with Crippen molar-refractivity contribution in [3.63, 3.8) is 0 Å². The Bertz CT molecular complexity index is 516. The Morgan fingerprint density at radius 1 is 1.42 bits per heavy atom. The van der Waals surface area contributed by atoms with Crippen LogP contribution in [0.2, 0.25) is 0 Å². The lowest BCUT2D eigenvalue weighted by molar-refractivity contribution is -0.119. The van der Waals surface area contributed by atoms with Crippen LogP contribution in [0.3, 0.4) is 0 Å². The molecule has 4 N–H and O–H groups in total. The number of nitrogen functional groups attached to an aromatic ring is 1. The van der Waals surface area contributed by atoms with Crippen LogP contribution in [0.25, 0.3) is 0 Å². The van der Waals surface area contributed by atoms with Crippen LogP contribution in [0.5, 0.6) is 0 Å². The highest BCUT2D eigenvalue weighted by Gasteiger charge is 2.29. The van der Waals surface area contributed by atoms with E-state index in [0.717, 1.165) is 25.1 Å². The minimum absolute atomic E-state index is 0.301. The highest BCUT2D eigenvalue weighted by atomic mass is 16.5. The molecule has 0 aromatic heterocycles. The second-order valence-corrected chi connectivity index (χ2v) is 4.52. The Morgan fingerprint density at radius 2 is 2.16 bits per heavy atom. The van der Waals surface area contributed by atoms with Crippen molar-refractivity contribution in [1.29, 1.82) is 0 Å². The molecule has 1 aromatic carbocycles. The third kappa shape index (κ3) is 2.47. The summed E-state index contributed by atoms with van der Waals surface area (Å²) in [5, 5.41) is 0. The van der Waals surface area contributed by atoms with Gasteiger partial charge in [-0.3, -0.25) is 4.79 Å². The van der Waals surface area contributed by atoms with E-state index in [9.17, 15) is 9.59 Å². The first kappa shape index (κ1) is 13.2. The summed E-state index contributed by atoms with van der Waals surface area (Å²) in [7, 11) is 1.30. The summed E-state index contributed by atoms with van der Waals surface area (Å²) in [4.78, 5) is 24.9. The second-order valence-electron chi connectivity index (χ2n) is 4.52. The number of ether oxygens (including phenoxy) is 1. The maximum atomic E-state index is 11.6. The fraction of sp³-hybridized carbons (Fsp3) is 0.385. The van der Waals surface area contributed by atoms with Gasteiger partial charge in [-0.15, -0.1) is 0 Å². The van der Waals surface area contributed by atoms with Gasteiger partial charge in [-0.1, -0.05) is 0 Å². The number of carbonyl (C=O) groups is 2. The first-order valence-electron chi connectivity index (χ1n) is 6.08. The Labute approximate surface area is 111 Å². The molecular formula is C13H17N3O3. The monoisotopic (exact) mass is 263 g/mol. The van der Waals surface area contributed by atoms with Crippen molar-refractivity contribution in [1.82, 2.24) is 0 Å². The summed E-state index contributed by atoms with van der Waals surface area (Å²) < 4.78 is 4.68. The Morgan fingerprint density at radius 3 is 2.79 bits per heavy atom. The quantitative estimate of drug-likeness (QED) is 0.611. The number of nitrogens with zero attached hydrogens (tertiary/aromatic N) is 1. The molecule has 0 spiro atoms. The first-order chi connectivity index (χ1) is 9.04. The van der Waals surface area contributed by atoms with Crippen LogP contribution in [0.1, 0.15) is 23.2 Å². The van der Waals surface area contributed by atoms with E-state index in [1.165, 1.54) is 7.11 Å². The largest absolute Gasteiger partial charge is 0.465 e. The van der Waals surface area contributed by atoms with Gasteiger partial charge in [-0.2, -0.15) is 0 Å². The van der Waals surface area contributed by atoms with Crippen molar-refractivity contribution < 1.29 is 14.3 Å². The van der Waals surface area contributed by atoms with E-state index < -0.39 is 5.97 Å². The zero-order chi connectivity index (χ0) is 14.0. The lowest BCUT2D eigenvalue weighted by Crippen LogP contribution is -2.40. The van der Waals surface area contributed by atoms with Crippen LogP contribution in [0, 0.1) is 0 Å². The first-order valence-corrected chi connectivity index (χ1v) is 6.08. The van der Waals surface area contributed by atoms with Crippen LogP contribution in [0.4, 0.5) is 11.4 Å². The number of hydrogen-bond donors (Lipinski definition) is 2. The van der Waals surface area contributed by atoms with Crippen molar-refractivity contribution >= 4 is 23.3 Å². The highest BCUT2D eigenvalue weighted by molar-refractivity contribution is 5.96. The number of benzene rings is 1. The van der Waals surface area contributed by atoms with E-state index in [1.807, 2.05) is 4.90 Å². The van der Waals surface area contributed by atoms with Crippen LogP contribution in [-0.2, 0) is 9.53 Å². The molecule has 19 heavy (non-hydrogen) atoms. The van der Waals surface area contributed by atoms with Gasteiger partial charge in [0, 0.05) is 17.9 Å². The molecule has 6 nitrogen and oxygen atoms in total. The van der Waals surface area contributed by atoms with Crippen molar-refractivity contribution in [3.8, 4) is 0 Å². The standard InChI is InChI=1S/C13H17N3O3/c1-19-13(18)9-7-8(4-5-10(9)14)16-6-2-3-11(16)12(15)17/h4-5,7,11H,2-3,6,14H2,1H3,(H2,15,17). The number of carbonyl (C=O) groups excluding carboxylic acids is 2. The van der Waals surface area contributed by atoms with Gasteiger partial charge in [0.25, 0.3) is 0 Å². The molecule has 1 saturated heterocycles. The molecule has 1 aliphatic heterocycles. The van der Waals surface area contributed by atoms with Crippen LogP contribution in [-0.4, -0.2) is 31.6 Å². The van der Waals surface area contributed by atoms with Gasteiger partial charge in [0.2, 0.25) is 5.91 Å². The molecule has 0 bridgehead atoms. The second kappa shape index (κ2) is 5.17. The number of methoxy groups -OCH3 is 1. The molecule has 1 heterocycles. The van der Waals surface area contributed by atoms with E-state index in [1.54, 1.807) is 18.2 Å². The van der Waals surface area contributed by atoms with Gasteiger partial charge in [-0.05, 0) is 31.0 Å². The normalized spacial score (nSPS) is 18.4. The minimum atomic E-state index is -0.492. The van der Waals surface area contributed by atoms with Crippen LogP contribution >= 0.6 is 0 Å². The van der Waals surface area contributed by atoms with Crippen molar-refractivity contribution in [3.05, 3.63) is 23.8 Å². The third-order valence-electron chi connectivity index (χ3n) is 3.36. The maximum Gasteiger partial charge on any atom is 0.340 e. The van der Waals surface area contributed by atoms with Crippen LogP contribution < -0.4 is 16.4 Å². The molecule has 1 fully saturated rings. The van der Waals surface area contributed by atoms with Crippen molar-refractivity contribution in [2.24, 2.45) is 5.73 Å². The summed E-state index contributed by atoms with van der Waals surface area (Å²) in [5.74, 6) is -0.844. The molecule has 1 aliphatic rings. The Hall–Kier alpha value is -2.24. The molecule has 102 valence electrons. The van der Waals surface area contributed by atoms with Gasteiger partial charge < -0.3 is 21.1 Å². The summed E-state index contributed by atoms with van der Waals surface area (Å²) in [6.45, 7) is 0.734. The van der Waals surface area contributed by atoms with Gasteiger partial charge in [0.05, 0.1) is 12.7 Å². The Kier molecular flexibility index (Phi) is 3.59. The van der Waals surface area contributed by atoms with Gasteiger partial charge in [-0.25, -0.2) is 4.79 Å². The SMILES string of the molecule is COC(=O)c1cc(N2CCCC2C(N)=O)ccc1N. The van der Waals surface area contributed by atoms with E-state index in [4.69, 9.17) is 11.5 Å². The molecule has 1 unspecified atom stereocenters. The molecular weight excluding hydrogens is 246 g/mol. The molecule has 6 heteroatoms. The van der Waals surface area contributed by atoms with E-state index in [-0.39, 0.29) is 11.9 Å². The summed E-state index contributed by atoms with van der Waals surface area (Å²) in [6.07, 6.45) is 1.62. The topological polar surface area (TPSA) is 98.6 Å². The maximum absolute atomic E-state index is 11.6. The zero-order valence-electron chi connectivity index (χ0n) is 10.8. The van der Waals surface area contributed by atoms with Gasteiger partial charge >= 0.3 is 5.97 Å². The number of hydrogen-bond acceptors (Lipinski definition) is 5. The fourth-order valence-corrected chi connectivity index (χ4v) is 2.38. The zero-order valence-corrected chi connectivity index (χ0v) is 10.8. The molecule has 0 radical (unpaired) electrons. The fourth-order valence-electron chi connectivity index (χ4n) is 2.38. The average Bonchev–Trinajstić information content (AvgIpc) is 2.88. The van der Waals surface area contributed by atoms with Crippen molar-refractivity contribution in [2.75, 3.05) is 24.3 Å². The number of primary amides is 1. The molecule has 1 amide bonds. The summed E-state index contributed by atoms with van der Waals surface area (Å²) >= 11 is 0. The van der Waals surface area contributed by atoms with Crippen LogP contribution in [0.15, 0.2) is 18.2 Å². The number of anilines is 2. The summed E-state index contributed by atoms with van der Waals surface area (Å²) in [6, 6.07) is 4.73. The highest BCUT2D eigenvalue weighted by Crippen LogP contribution is 2.28. The van der Waals surface area contributed by atoms with Crippen molar-refractivity contribution in [2.45, 2.75) is 18.9 Å². The third-order valence-corrected chi connectivity index (χ3v) is 3.36. The summed E-state index contributed by atoms with van der Waals surface area (Å²) in [5.41, 5.74) is 12.5. The number of esters is 1. The molecule has 1 aromatic rings. The van der Waals surface area contributed by atoms with E-state index in [0.29, 0.717) is 11.3 Å². The predicted octanol–water partition coefficient (Wildman–Crippen LogP) is 0.509. The average molecular weight is 263 g/mol. The van der Waals surface area contributed by atoms with Gasteiger partial charge in [0.15, 0.2) is 0 Å². The molecule has 1 atom stereocenters. The van der Waals surface area contributed by atoms with E-state index >= 15 is 0 Å². The Balaban J connectivity index is 2.35. The number of nitrogens with two attached hydrogens (primary N) is 2. The predicted molar refractivity (Wildman–Crippen MR) is 71.8 cm³/mol. The van der Waals surface area contributed by atoms with Gasteiger partial charge in [0.1, 0.15) is 6.04 Å². The minimum Gasteiger partial charge on any atom is -0.465 e. The number of amides is 1.